The first-order valence-electron chi connectivity index (χ1n) is 6.20. The van der Waals surface area contributed by atoms with Gasteiger partial charge in [-0.2, -0.15) is 0 Å². The number of hydrogen-bond donors (Lipinski definition) is 0. The maximum Gasteiger partial charge on any atom is 0.100 e. The molecule has 0 fully saturated rings. The van der Waals surface area contributed by atoms with E-state index in [0.29, 0.717) is 0 Å². The SMILES string of the molecule is CC(C)(C)c1cc(Cl)c2nc(C(C)(C)C)sc2c1. The van der Waals surface area contributed by atoms with Gasteiger partial charge in [0.05, 0.1) is 14.7 Å². The van der Waals surface area contributed by atoms with Crippen molar-refractivity contribution >= 4 is 33.2 Å². The van der Waals surface area contributed by atoms with Crippen LogP contribution in [0.25, 0.3) is 10.2 Å². The average molecular weight is 282 g/mol. The van der Waals surface area contributed by atoms with Crippen LogP contribution in [0.5, 0.6) is 0 Å². The third-order valence-corrected chi connectivity index (χ3v) is 4.67. The first kappa shape index (κ1) is 13.8. The Morgan fingerprint density at radius 1 is 1.00 bits per heavy atom. The second kappa shape index (κ2) is 4.21. The molecular formula is C15H20ClNS. The van der Waals surface area contributed by atoms with E-state index in [-0.39, 0.29) is 10.8 Å². The Morgan fingerprint density at radius 2 is 1.61 bits per heavy atom. The second-order valence-corrected chi connectivity index (χ2v) is 8.26. The molecule has 0 unspecified atom stereocenters. The normalized spacial score (nSPS) is 13.3. The molecule has 0 aliphatic carbocycles. The fourth-order valence-electron chi connectivity index (χ4n) is 1.74. The molecule has 2 rings (SSSR count). The molecule has 0 radical (unpaired) electrons. The van der Waals surface area contributed by atoms with Crippen LogP contribution in [0.2, 0.25) is 5.02 Å². The smallest absolute Gasteiger partial charge is 0.100 e. The van der Waals surface area contributed by atoms with Crippen molar-refractivity contribution in [3.05, 3.63) is 27.7 Å². The van der Waals surface area contributed by atoms with Crippen molar-refractivity contribution in [1.82, 2.24) is 4.98 Å². The molecule has 1 aromatic carbocycles. The van der Waals surface area contributed by atoms with Gasteiger partial charge >= 0.3 is 0 Å². The van der Waals surface area contributed by atoms with Crippen molar-refractivity contribution in [1.29, 1.82) is 0 Å². The van der Waals surface area contributed by atoms with Gasteiger partial charge in [-0.1, -0.05) is 53.1 Å². The topological polar surface area (TPSA) is 12.9 Å². The Morgan fingerprint density at radius 3 is 2.11 bits per heavy atom. The predicted octanol–water partition coefficient (Wildman–Crippen LogP) is 5.54. The van der Waals surface area contributed by atoms with Gasteiger partial charge in [-0.15, -0.1) is 11.3 Å². The number of benzene rings is 1. The van der Waals surface area contributed by atoms with Gasteiger partial charge in [0.15, 0.2) is 0 Å². The third-order valence-electron chi connectivity index (χ3n) is 2.96. The molecule has 98 valence electrons. The van der Waals surface area contributed by atoms with E-state index in [1.165, 1.54) is 10.3 Å². The van der Waals surface area contributed by atoms with Gasteiger partial charge in [0.2, 0.25) is 0 Å². The lowest BCUT2D eigenvalue weighted by Gasteiger charge is -2.19. The van der Waals surface area contributed by atoms with Gasteiger partial charge < -0.3 is 0 Å². The Kier molecular flexibility index (Phi) is 3.23. The molecular weight excluding hydrogens is 262 g/mol. The molecule has 2 aromatic rings. The molecule has 0 bridgehead atoms. The first-order valence-corrected chi connectivity index (χ1v) is 7.39. The molecule has 0 atom stereocenters. The summed E-state index contributed by atoms with van der Waals surface area (Å²) in [5, 5.41) is 1.91. The van der Waals surface area contributed by atoms with E-state index in [0.717, 1.165) is 15.5 Å². The van der Waals surface area contributed by atoms with Crippen molar-refractivity contribution in [3.63, 3.8) is 0 Å². The largest absolute Gasteiger partial charge is 0.239 e. The van der Waals surface area contributed by atoms with Crippen LogP contribution in [0, 0.1) is 0 Å². The van der Waals surface area contributed by atoms with Crippen molar-refractivity contribution in [2.45, 2.75) is 52.4 Å². The Labute approximate surface area is 118 Å². The van der Waals surface area contributed by atoms with Gasteiger partial charge in [0.25, 0.3) is 0 Å². The van der Waals surface area contributed by atoms with Gasteiger partial charge in [0.1, 0.15) is 5.52 Å². The van der Waals surface area contributed by atoms with E-state index in [9.17, 15) is 0 Å². The number of fused-ring (bicyclic) bond motifs is 1. The summed E-state index contributed by atoms with van der Waals surface area (Å²) in [5.41, 5.74) is 2.40. The fourth-order valence-corrected chi connectivity index (χ4v) is 3.15. The monoisotopic (exact) mass is 281 g/mol. The second-order valence-electron chi connectivity index (χ2n) is 6.82. The lowest BCUT2D eigenvalue weighted by molar-refractivity contribution is 0.586. The van der Waals surface area contributed by atoms with Gasteiger partial charge in [-0.3, -0.25) is 0 Å². The minimum Gasteiger partial charge on any atom is -0.239 e. The van der Waals surface area contributed by atoms with E-state index >= 15 is 0 Å². The zero-order chi connectivity index (χ0) is 13.7. The minimum atomic E-state index is 0.0783. The maximum absolute atomic E-state index is 6.38. The summed E-state index contributed by atoms with van der Waals surface area (Å²) >= 11 is 8.13. The fraction of sp³-hybridized carbons (Fsp3) is 0.533. The number of hydrogen-bond acceptors (Lipinski definition) is 2. The molecule has 18 heavy (non-hydrogen) atoms. The third kappa shape index (κ3) is 2.55. The molecule has 0 aliphatic rings. The molecule has 0 saturated carbocycles. The van der Waals surface area contributed by atoms with Crippen molar-refractivity contribution < 1.29 is 0 Å². The van der Waals surface area contributed by atoms with Crippen LogP contribution in [-0.4, -0.2) is 4.98 Å². The highest BCUT2D eigenvalue weighted by atomic mass is 35.5. The highest BCUT2D eigenvalue weighted by Gasteiger charge is 2.22. The molecule has 1 nitrogen and oxygen atoms in total. The van der Waals surface area contributed by atoms with E-state index < -0.39 is 0 Å². The number of thiazole rings is 1. The zero-order valence-corrected chi connectivity index (χ0v) is 13.5. The van der Waals surface area contributed by atoms with Crippen LogP contribution in [0.3, 0.4) is 0 Å². The Balaban J connectivity index is 2.67. The number of halogens is 1. The highest BCUT2D eigenvalue weighted by molar-refractivity contribution is 7.18. The van der Waals surface area contributed by atoms with Crippen LogP contribution >= 0.6 is 22.9 Å². The van der Waals surface area contributed by atoms with Gasteiger partial charge in [0, 0.05) is 5.41 Å². The molecule has 1 aromatic heterocycles. The highest BCUT2D eigenvalue weighted by Crippen LogP contribution is 2.37. The average Bonchev–Trinajstić information content (AvgIpc) is 2.59. The van der Waals surface area contributed by atoms with E-state index in [4.69, 9.17) is 16.6 Å². The zero-order valence-electron chi connectivity index (χ0n) is 11.9. The lowest BCUT2D eigenvalue weighted by Crippen LogP contribution is -2.10. The molecule has 0 saturated heterocycles. The summed E-state index contributed by atoms with van der Waals surface area (Å²) in [5.74, 6) is 0. The number of aromatic nitrogens is 1. The predicted molar refractivity (Wildman–Crippen MR) is 82.0 cm³/mol. The van der Waals surface area contributed by atoms with Crippen molar-refractivity contribution in [2.75, 3.05) is 0 Å². The van der Waals surface area contributed by atoms with Crippen LogP contribution in [0.1, 0.15) is 52.1 Å². The van der Waals surface area contributed by atoms with Crippen LogP contribution in [-0.2, 0) is 10.8 Å². The summed E-state index contributed by atoms with van der Waals surface area (Å²) in [4.78, 5) is 4.69. The van der Waals surface area contributed by atoms with Crippen LogP contribution < -0.4 is 0 Å². The summed E-state index contributed by atoms with van der Waals surface area (Å²) in [6, 6.07) is 4.28. The molecule has 1 heterocycles. The lowest BCUT2D eigenvalue weighted by atomic mass is 9.87. The van der Waals surface area contributed by atoms with Crippen LogP contribution in [0.15, 0.2) is 12.1 Å². The number of rotatable bonds is 0. The quantitative estimate of drug-likeness (QED) is 0.617. The molecule has 3 heteroatoms. The number of nitrogens with zero attached hydrogens (tertiary/aromatic N) is 1. The maximum atomic E-state index is 6.38. The van der Waals surface area contributed by atoms with E-state index in [2.05, 4.69) is 53.7 Å². The molecule has 0 aliphatic heterocycles. The van der Waals surface area contributed by atoms with E-state index in [1.807, 2.05) is 0 Å². The Bertz CT molecular complexity index is 585. The summed E-state index contributed by atoms with van der Waals surface area (Å²) < 4.78 is 1.19. The summed E-state index contributed by atoms with van der Waals surface area (Å²) in [7, 11) is 0. The van der Waals surface area contributed by atoms with Gasteiger partial charge in [-0.25, -0.2) is 4.98 Å². The summed E-state index contributed by atoms with van der Waals surface area (Å²) in [6.07, 6.45) is 0. The molecule has 0 amide bonds. The van der Waals surface area contributed by atoms with Crippen molar-refractivity contribution in [3.8, 4) is 0 Å². The first-order chi connectivity index (χ1) is 8.09. The molecule has 0 N–H and O–H groups in total. The van der Waals surface area contributed by atoms with E-state index in [1.54, 1.807) is 11.3 Å². The minimum absolute atomic E-state index is 0.0783. The van der Waals surface area contributed by atoms with Gasteiger partial charge in [-0.05, 0) is 23.1 Å². The summed E-state index contributed by atoms with van der Waals surface area (Å²) in [6.45, 7) is 13.2. The van der Waals surface area contributed by atoms with Crippen LogP contribution in [0.4, 0.5) is 0 Å². The standard InChI is InChI=1S/C15H20ClNS/c1-14(2,3)9-7-10(16)12-11(8-9)18-13(17-12)15(4,5)6/h7-8H,1-6H3. The molecule has 0 spiro atoms. The van der Waals surface area contributed by atoms with Crippen molar-refractivity contribution in [2.24, 2.45) is 0 Å². The Hall–Kier alpha value is -0.600.